The number of hydrogen-bond acceptors (Lipinski definition) is 3. The Balaban J connectivity index is 2.25. The van der Waals surface area contributed by atoms with Gasteiger partial charge in [-0.2, -0.15) is 5.10 Å². The van der Waals surface area contributed by atoms with Gasteiger partial charge in [-0.05, 0) is 39.0 Å². The van der Waals surface area contributed by atoms with E-state index in [1.165, 1.54) is 0 Å². The fourth-order valence-electron chi connectivity index (χ4n) is 2.16. The second-order valence-corrected chi connectivity index (χ2v) is 6.21. The van der Waals surface area contributed by atoms with Crippen molar-refractivity contribution in [2.45, 2.75) is 40.0 Å². The number of ether oxygens (including phenoxy) is 1. The molecule has 2 aromatic rings. The molecule has 0 unspecified atom stereocenters. The van der Waals surface area contributed by atoms with E-state index in [0.29, 0.717) is 11.6 Å². The number of aromatic nitrogens is 2. The highest BCUT2D eigenvalue weighted by Crippen LogP contribution is 2.29. The smallest absolute Gasteiger partial charge is 0.131 e. The first-order valence-electron chi connectivity index (χ1n) is 6.83. The Morgan fingerprint density at radius 2 is 2.19 bits per heavy atom. The number of halogens is 2. The molecule has 4 nitrogen and oxygen atoms in total. The van der Waals surface area contributed by atoms with Crippen molar-refractivity contribution >= 4 is 27.5 Å². The lowest BCUT2D eigenvalue weighted by molar-refractivity contribution is 0.288. The van der Waals surface area contributed by atoms with Gasteiger partial charge >= 0.3 is 0 Å². The van der Waals surface area contributed by atoms with Gasteiger partial charge in [-0.15, -0.1) is 0 Å². The molecule has 1 aromatic heterocycles. The molecule has 0 aliphatic heterocycles. The minimum absolute atomic E-state index is 0.106. The first kappa shape index (κ1) is 16.3. The van der Waals surface area contributed by atoms with Gasteiger partial charge in [0.1, 0.15) is 12.4 Å². The molecule has 2 rings (SSSR count). The van der Waals surface area contributed by atoms with Crippen LogP contribution in [-0.2, 0) is 13.2 Å². The third kappa shape index (κ3) is 3.59. The molecule has 114 valence electrons. The maximum atomic E-state index is 6.29. The number of rotatable bonds is 5. The zero-order chi connectivity index (χ0) is 15.6. The average Bonchev–Trinajstić information content (AvgIpc) is 2.72. The largest absolute Gasteiger partial charge is 0.487 e. The van der Waals surface area contributed by atoms with Gasteiger partial charge in [-0.3, -0.25) is 4.68 Å². The minimum atomic E-state index is -0.106. The second kappa shape index (κ2) is 6.81. The highest BCUT2D eigenvalue weighted by molar-refractivity contribution is 9.10. The second-order valence-electron chi connectivity index (χ2n) is 4.92. The van der Waals surface area contributed by atoms with Crippen molar-refractivity contribution in [3.05, 3.63) is 44.6 Å². The summed E-state index contributed by atoms with van der Waals surface area (Å²) in [5.74, 6) is 0.769. The Morgan fingerprint density at radius 1 is 1.48 bits per heavy atom. The van der Waals surface area contributed by atoms with Crippen LogP contribution >= 0.6 is 27.5 Å². The van der Waals surface area contributed by atoms with Gasteiger partial charge in [0.2, 0.25) is 0 Å². The first-order valence-corrected chi connectivity index (χ1v) is 8.00. The van der Waals surface area contributed by atoms with E-state index in [-0.39, 0.29) is 6.04 Å². The average molecular weight is 373 g/mol. The predicted molar refractivity (Wildman–Crippen MR) is 88.7 cm³/mol. The molecule has 0 saturated heterocycles. The van der Waals surface area contributed by atoms with Crippen LogP contribution in [0, 0.1) is 6.92 Å². The lowest BCUT2D eigenvalue weighted by atomic mass is 10.1. The maximum absolute atomic E-state index is 6.29. The lowest BCUT2D eigenvalue weighted by Crippen LogP contribution is -2.10. The molecule has 0 saturated carbocycles. The molecule has 1 aromatic carbocycles. The topological polar surface area (TPSA) is 53.1 Å². The molecule has 0 amide bonds. The third-order valence-corrected chi connectivity index (χ3v) is 4.26. The maximum Gasteiger partial charge on any atom is 0.131 e. The summed E-state index contributed by atoms with van der Waals surface area (Å²) in [5.41, 5.74) is 8.66. The van der Waals surface area contributed by atoms with Gasteiger partial charge in [0.25, 0.3) is 0 Å². The molecule has 21 heavy (non-hydrogen) atoms. The molecular formula is C15H19BrClN3O. The number of nitrogens with two attached hydrogens (primary N) is 1. The monoisotopic (exact) mass is 371 g/mol. The predicted octanol–water partition coefficient (Wildman–Crippen LogP) is 4.23. The molecule has 0 spiro atoms. The summed E-state index contributed by atoms with van der Waals surface area (Å²) in [6, 6.07) is 5.72. The van der Waals surface area contributed by atoms with E-state index < -0.39 is 0 Å². The van der Waals surface area contributed by atoms with Crippen molar-refractivity contribution in [3.8, 4) is 5.75 Å². The number of hydrogen-bond donors (Lipinski definition) is 1. The fourth-order valence-corrected chi connectivity index (χ4v) is 2.73. The van der Waals surface area contributed by atoms with E-state index in [9.17, 15) is 0 Å². The van der Waals surface area contributed by atoms with Gasteiger partial charge in [-0.25, -0.2) is 0 Å². The summed E-state index contributed by atoms with van der Waals surface area (Å²) >= 11 is 9.74. The molecule has 1 atom stereocenters. The minimum Gasteiger partial charge on any atom is -0.487 e. The molecule has 0 aliphatic carbocycles. The molecular weight excluding hydrogens is 354 g/mol. The zero-order valence-corrected chi connectivity index (χ0v) is 14.7. The molecule has 1 heterocycles. The number of nitrogens with zero attached hydrogens (tertiary/aromatic N) is 2. The van der Waals surface area contributed by atoms with Crippen LogP contribution in [0.2, 0.25) is 5.02 Å². The van der Waals surface area contributed by atoms with Crippen molar-refractivity contribution in [1.82, 2.24) is 9.78 Å². The highest BCUT2D eigenvalue weighted by Gasteiger charge is 2.15. The Kier molecular flexibility index (Phi) is 5.30. The van der Waals surface area contributed by atoms with E-state index in [2.05, 4.69) is 21.0 Å². The van der Waals surface area contributed by atoms with Crippen LogP contribution in [0.1, 0.15) is 36.8 Å². The van der Waals surface area contributed by atoms with Crippen LogP contribution < -0.4 is 10.5 Å². The van der Waals surface area contributed by atoms with E-state index in [0.717, 1.165) is 33.7 Å². The van der Waals surface area contributed by atoms with Crippen LogP contribution in [-0.4, -0.2) is 9.78 Å². The van der Waals surface area contributed by atoms with Gasteiger partial charge in [0.05, 0.1) is 16.4 Å². The third-order valence-electron chi connectivity index (χ3n) is 3.28. The van der Waals surface area contributed by atoms with Crippen molar-refractivity contribution in [1.29, 1.82) is 0 Å². The first-order chi connectivity index (χ1) is 9.93. The number of aryl methyl sites for hydroxylation is 2. The molecule has 0 fully saturated rings. The molecule has 0 bridgehead atoms. The number of benzene rings is 1. The lowest BCUT2D eigenvalue weighted by Gasteiger charge is -2.15. The molecule has 6 heteroatoms. The Morgan fingerprint density at radius 3 is 2.81 bits per heavy atom. The normalized spacial score (nSPS) is 12.5. The highest BCUT2D eigenvalue weighted by atomic mass is 79.9. The summed E-state index contributed by atoms with van der Waals surface area (Å²) in [7, 11) is 0. The van der Waals surface area contributed by atoms with Crippen LogP contribution in [0.3, 0.4) is 0 Å². The van der Waals surface area contributed by atoms with Gasteiger partial charge in [-0.1, -0.05) is 27.5 Å². The summed E-state index contributed by atoms with van der Waals surface area (Å²) in [4.78, 5) is 0. The van der Waals surface area contributed by atoms with Crippen LogP contribution in [0.15, 0.2) is 22.7 Å². The molecule has 2 N–H and O–H groups in total. The molecule has 0 radical (unpaired) electrons. The van der Waals surface area contributed by atoms with E-state index in [1.807, 2.05) is 43.7 Å². The Labute approximate surface area is 138 Å². The SMILES string of the molecule is CCn1nc(C)c(Cl)c1COc1ccc(Br)cc1[C@H](C)N. The van der Waals surface area contributed by atoms with Gasteiger partial charge in [0.15, 0.2) is 0 Å². The van der Waals surface area contributed by atoms with Crippen molar-refractivity contribution in [2.75, 3.05) is 0 Å². The quantitative estimate of drug-likeness (QED) is 0.854. The zero-order valence-electron chi connectivity index (χ0n) is 12.4. The van der Waals surface area contributed by atoms with Crippen LogP contribution in [0.25, 0.3) is 0 Å². The summed E-state index contributed by atoms with van der Waals surface area (Å²) in [6.45, 7) is 6.98. The Hall–Kier alpha value is -1.04. The summed E-state index contributed by atoms with van der Waals surface area (Å²) in [6.07, 6.45) is 0. The summed E-state index contributed by atoms with van der Waals surface area (Å²) in [5, 5.41) is 5.05. The van der Waals surface area contributed by atoms with Crippen molar-refractivity contribution in [2.24, 2.45) is 5.73 Å². The van der Waals surface area contributed by atoms with Crippen molar-refractivity contribution in [3.63, 3.8) is 0 Å². The van der Waals surface area contributed by atoms with Gasteiger partial charge < -0.3 is 10.5 Å². The van der Waals surface area contributed by atoms with E-state index in [1.54, 1.807) is 0 Å². The Bertz CT molecular complexity index is 640. The summed E-state index contributed by atoms with van der Waals surface area (Å²) < 4.78 is 8.77. The van der Waals surface area contributed by atoms with Crippen LogP contribution in [0.5, 0.6) is 5.75 Å². The van der Waals surface area contributed by atoms with Gasteiger partial charge in [0, 0.05) is 22.6 Å². The standard InChI is InChI=1S/C15H19BrClN3O/c1-4-20-13(15(17)10(3)19-20)8-21-14-6-5-11(16)7-12(14)9(2)18/h5-7,9H,4,8,18H2,1-3H3/t9-/m0/s1. The van der Waals surface area contributed by atoms with Crippen LogP contribution in [0.4, 0.5) is 0 Å². The van der Waals surface area contributed by atoms with E-state index >= 15 is 0 Å². The van der Waals surface area contributed by atoms with Crippen molar-refractivity contribution < 1.29 is 4.74 Å². The molecule has 0 aliphatic rings. The van der Waals surface area contributed by atoms with E-state index in [4.69, 9.17) is 22.1 Å². The fraction of sp³-hybridized carbons (Fsp3) is 0.400.